The summed E-state index contributed by atoms with van der Waals surface area (Å²) in [5.41, 5.74) is 0. The molecule has 0 aromatic rings. The SMILES string of the molecule is O=C(C1CCNC1)N1C[C@@H](O)[C@@H](O)C1. The number of carbonyl (C=O) groups excluding carboxylic acids is 1. The van der Waals surface area contributed by atoms with Gasteiger partial charge in [-0.1, -0.05) is 0 Å². The largest absolute Gasteiger partial charge is 0.388 e. The molecular formula is C9H16N2O3. The van der Waals surface area contributed by atoms with Crippen molar-refractivity contribution in [1.29, 1.82) is 0 Å². The van der Waals surface area contributed by atoms with Crippen molar-refractivity contribution in [2.45, 2.75) is 18.6 Å². The van der Waals surface area contributed by atoms with Crippen LogP contribution in [0.4, 0.5) is 0 Å². The fourth-order valence-corrected chi connectivity index (χ4v) is 2.07. The number of hydrogen-bond acceptors (Lipinski definition) is 4. The molecule has 0 radical (unpaired) electrons. The lowest BCUT2D eigenvalue weighted by atomic mass is 10.1. The lowest BCUT2D eigenvalue weighted by Crippen LogP contribution is -2.36. The van der Waals surface area contributed by atoms with E-state index < -0.39 is 12.2 Å². The number of aliphatic hydroxyl groups is 2. The molecule has 0 aliphatic carbocycles. The van der Waals surface area contributed by atoms with Crippen molar-refractivity contribution in [3.8, 4) is 0 Å². The summed E-state index contributed by atoms with van der Waals surface area (Å²) in [5, 5.41) is 21.7. The van der Waals surface area contributed by atoms with Crippen LogP contribution in [0.3, 0.4) is 0 Å². The van der Waals surface area contributed by atoms with Crippen LogP contribution in [0, 0.1) is 5.92 Å². The number of carbonyl (C=O) groups is 1. The summed E-state index contributed by atoms with van der Waals surface area (Å²) >= 11 is 0. The molecule has 0 saturated carbocycles. The quantitative estimate of drug-likeness (QED) is 0.465. The molecule has 14 heavy (non-hydrogen) atoms. The van der Waals surface area contributed by atoms with Crippen LogP contribution in [-0.2, 0) is 4.79 Å². The van der Waals surface area contributed by atoms with Crippen molar-refractivity contribution >= 4 is 5.91 Å². The first kappa shape index (κ1) is 9.89. The Balaban J connectivity index is 1.92. The highest BCUT2D eigenvalue weighted by atomic mass is 16.3. The van der Waals surface area contributed by atoms with Crippen molar-refractivity contribution in [2.75, 3.05) is 26.2 Å². The first-order chi connectivity index (χ1) is 6.68. The maximum atomic E-state index is 11.8. The summed E-state index contributed by atoms with van der Waals surface area (Å²) in [6.07, 6.45) is -0.678. The van der Waals surface area contributed by atoms with Gasteiger partial charge in [-0.3, -0.25) is 4.79 Å². The van der Waals surface area contributed by atoms with Crippen molar-refractivity contribution in [2.24, 2.45) is 5.92 Å². The van der Waals surface area contributed by atoms with Crippen molar-refractivity contribution in [3.05, 3.63) is 0 Å². The molecule has 1 unspecified atom stereocenters. The Morgan fingerprint density at radius 2 is 1.93 bits per heavy atom. The van der Waals surface area contributed by atoms with E-state index in [0.29, 0.717) is 0 Å². The van der Waals surface area contributed by atoms with E-state index in [2.05, 4.69) is 5.32 Å². The Kier molecular flexibility index (Phi) is 2.71. The number of rotatable bonds is 1. The van der Waals surface area contributed by atoms with Crippen LogP contribution in [0.1, 0.15) is 6.42 Å². The third-order valence-corrected chi connectivity index (χ3v) is 2.98. The van der Waals surface area contributed by atoms with Gasteiger partial charge in [-0.2, -0.15) is 0 Å². The molecule has 3 atom stereocenters. The lowest BCUT2D eigenvalue weighted by molar-refractivity contribution is -0.134. The Bertz CT molecular complexity index is 218. The molecule has 5 nitrogen and oxygen atoms in total. The molecule has 5 heteroatoms. The molecule has 2 saturated heterocycles. The monoisotopic (exact) mass is 200 g/mol. The topological polar surface area (TPSA) is 72.8 Å². The van der Waals surface area contributed by atoms with Gasteiger partial charge in [-0.15, -0.1) is 0 Å². The second-order valence-corrected chi connectivity index (χ2v) is 4.07. The first-order valence-corrected chi connectivity index (χ1v) is 5.04. The van der Waals surface area contributed by atoms with Crippen LogP contribution in [-0.4, -0.2) is 59.4 Å². The number of nitrogens with zero attached hydrogens (tertiary/aromatic N) is 1. The van der Waals surface area contributed by atoms with Gasteiger partial charge in [0.15, 0.2) is 0 Å². The summed E-state index contributed by atoms with van der Waals surface area (Å²) in [6, 6.07) is 0. The Morgan fingerprint density at radius 3 is 2.43 bits per heavy atom. The van der Waals surface area contributed by atoms with Gasteiger partial charge in [0.1, 0.15) is 0 Å². The predicted molar refractivity (Wildman–Crippen MR) is 49.6 cm³/mol. The van der Waals surface area contributed by atoms with E-state index in [1.807, 2.05) is 0 Å². The summed E-state index contributed by atoms with van der Waals surface area (Å²) in [5.74, 6) is 0.0955. The average molecular weight is 200 g/mol. The standard InChI is InChI=1S/C9H16N2O3/c12-7-4-11(5-8(7)13)9(14)6-1-2-10-3-6/h6-8,10,12-13H,1-5H2/t6?,7-,8+. The van der Waals surface area contributed by atoms with Gasteiger partial charge in [-0.05, 0) is 13.0 Å². The van der Waals surface area contributed by atoms with Crippen molar-refractivity contribution < 1.29 is 15.0 Å². The summed E-state index contributed by atoms with van der Waals surface area (Å²) in [6.45, 7) is 2.16. The van der Waals surface area contributed by atoms with Gasteiger partial charge in [-0.25, -0.2) is 0 Å². The number of amides is 1. The molecule has 80 valence electrons. The molecule has 2 rings (SSSR count). The van der Waals surface area contributed by atoms with Crippen molar-refractivity contribution in [1.82, 2.24) is 10.2 Å². The average Bonchev–Trinajstić information content (AvgIpc) is 2.76. The van der Waals surface area contributed by atoms with Crippen LogP contribution in [0.15, 0.2) is 0 Å². The van der Waals surface area contributed by atoms with E-state index in [-0.39, 0.29) is 24.9 Å². The molecule has 1 amide bonds. The summed E-state index contributed by atoms with van der Waals surface area (Å²) in [7, 11) is 0. The Hall–Kier alpha value is -0.650. The highest BCUT2D eigenvalue weighted by molar-refractivity contribution is 5.79. The molecule has 2 fully saturated rings. The van der Waals surface area contributed by atoms with Gasteiger partial charge in [0, 0.05) is 19.6 Å². The first-order valence-electron chi connectivity index (χ1n) is 5.04. The molecule has 2 aliphatic rings. The van der Waals surface area contributed by atoms with Crippen LogP contribution in [0.5, 0.6) is 0 Å². The van der Waals surface area contributed by atoms with Crippen LogP contribution in [0.2, 0.25) is 0 Å². The second-order valence-electron chi connectivity index (χ2n) is 4.07. The molecule has 2 heterocycles. The molecule has 3 N–H and O–H groups in total. The number of aliphatic hydroxyl groups excluding tert-OH is 2. The van der Waals surface area contributed by atoms with Gasteiger partial charge in [0.05, 0.1) is 18.1 Å². The normalized spacial score (nSPS) is 37.9. The third kappa shape index (κ3) is 1.75. The van der Waals surface area contributed by atoms with Gasteiger partial charge >= 0.3 is 0 Å². The van der Waals surface area contributed by atoms with E-state index in [0.717, 1.165) is 19.5 Å². The minimum absolute atomic E-state index is 0.0347. The maximum absolute atomic E-state index is 11.8. The van der Waals surface area contributed by atoms with Crippen LogP contribution in [0.25, 0.3) is 0 Å². The maximum Gasteiger partial charge on any atom is 0.227 e. The Labute approximate surface area is 82.7 Å². The minimum Gasteiger partial charge on any atom is -0.388 e. The summed E-state index contributed by atoms with van der Waals surface area (Å²) in [4.78, 5) is 13.4. The zero-order valence-electron chi connectivity index (χ0n) is 8.02. The number of nitrogens with one attached hydrogen (secondary N) is 1. The smallest absolute Gasteiger partial charge is 0.227 e. The fraction of sp³-hybridized carbons (Fsp3) is 0.889. The zero-order chi connectivity index (χ0) is 10.1. The Morgan fingerprint density at radius 1 is 1.29 bits per heavy atom. The molecule has 0 aromatic heterocycles. The summed E-state index contributed by atoms with van der Waals surface area (Å²) < 4.78 is 0. The molecular weight excluding hydrogens is 184 g/mol. The minimum atomic E-state index is -0.770. The molecule has 0 bridgehead atoms. The highest BCUT2D eigenvalue weighted by Gasteiger charge is 2.36. The second kappa shape index (κ2) is 3.84. The predicted octanol–water partition coefficient (Wildman–Crippen LogP) is -1.84. The number of β-amino-alcohol motifs (C(OH)–C–C–N with tert-alkyl or cyclic N) is 2. The number of likely N-dealkylation sites (tertiary alicyclic amines) is 1. The molecule has 0 spiro atoms. The van der Waals surface area contributed by atoms with E-state index in [4.69, 9.17) is 0 Å². The van der Waals surface area contributed by atoms with E-state index in [1.54, 1.807) is 4.90 Å². The highest BCUT2D eigenvalue weighted by Crippen LogP contribution is 2.17. The molecule has 2 aliphatic heterocycles. The molecule has 0 aromatic carbocycles. The van der Waals surface area contributed by atoms with E-state index >= 15 is 0 Å². The van der Waals surface area contributed by atoms with Gasteiger partial charge in [0.25, 0.3) is 0 Å². The van der Waals surface area contributed by atoms with Crippen LogP contribution >= 0.6 is 0 Å². The van der Waals surface area contributed by atoms with E-state index in [9.17, 15) is 15.0 Å². The van der Waals surface area contributed by atoms with Gasteiger partial charge in [0.2, 0.25) is 5.91 Å². The lowest BCUT2D eigenvalue weighted by Gasteiger charge is -2.19. The van der Waals surface area contributed by atoms with Crippen molar-refractivity contribution in [3.63, 3.8) is 0 Å². The number of hydrogen-bond donors (Lipinski definition) is 3. The van der Waals surface area contributed by atoms with E-state index in [1.165, 1.54) is 0 Å². The third-order valence-electron chi connectivity index (χ3n) is 2.98. The van der Waals surface area contributed by atoms with Gasteiger partial charge < -0.3 is 20.4 Å². The fourth-order valence-electron chi connectivity index (χ4n) is 2.07. The zero-order valence-corrected chi connectivity index (χ0v) is 8.02. The van der Waals surface area contributed by atoms with Crippen LogP contribution < -0.4 is 5.32 Å².